The highest BCUT2D eigenvalue weighted by Gasteiger charge is 2.23. The Morgan fingerprint density at radius 2 is 1.94 bits per heavy atom. The van der Waals surface area contributed by atoms with Crippen molar-refractivity contribution in [3.63, 3.8) is 0 Å². The number of hydrogen-bond acceptors (Lipinski definition) is 5. The van der Waals surface area contributed by atoms with E-state index in [2.05, 4.69) is 5.32 Å². The first-order valence-corrected chi connectivity index (χ1v) is 4.94. The molecule has 6 N–H and O–H groups in total. The van der Waals surface area contributed by atoms with E-state index in [4.69, 9.17) is 21.3 Å². The van der Waals surface area contributed by atoms with Crippen LogP contribution in [0.3, 0.4) is 0 Å². The molecule has 0 heterocycles. The van der Waals surface area contributed by atoms with Crippen LogP contribution in [0.25, 0.3) is 0 Å². The number of primary amides is 1. The lowest BCUT2D eigenvalue weighted by Gasteiger charge is -2.16. The van der Waals surface area contributed by atoms with Crippen molar-refractivity contribution in [1.82, 2.24) is 5.32 Å². The van der Waals surface area contributed by atoms with Crippen molar-refractivity contribution >= 4 is 17.8 Å². The number of amides is 2. The van der Waals surface area contributed by atoms with Crippen molar-refractivity contribution in [1.29, 1.82) is 0 Å². The molecule has 98 valence electrons. The molecule has 0 aliphatic carbocycles. The molecule has 0 saturated heterocycles. The molecule has 8 heteroatoms. The van der Waals surface area contributed by atoms with Crippen molar-refractivity contribution in [3.05, 3.63) is 0 Å². The third kappa shape index (κ3) is 6.48. The predicted octanol–water partition coefficient (Wildman–Crippen LogP) is -2.20. The van der Waals surface area contributed by atoms with E-state index in [1.54, 1.807) is 0 Å². The average molecular weight is 247 g/mol. The Morgan fingerprint density at radius 1 is 1.35 bits per heavy atom. The van der Waals surface area contributed by atoms with Crippen LogP contribution < -0.4 is 16.8 Å². The van der Waals surface area contributed by atoms with Gasteiger partial charge in [0.05, 0.1) is 18.9 Å². The summed E-state index contributed by atoms with van der Waals surface area (Å²) < 4.78 is 4.87. The Morgan fingerprint density at radius 3 is 2.29 bits per heavy atom. The molecule has 2 amide bonds. The molecule has 0 fully saturated rings. The van der Waals surface area contributed by atoms with Crippen LogP contribution in [0.4, 0.5) is 0 Å². The summed E-state index contributed by atoms with van der Waals surface area (Å²) in [7, 11) is 1.39. The van der Waals surface area contributed by atoms with Crippen LogP contribution in [0.1, 0.15) is 12.8 Å². The molecular weight excluding hydrogens is 230 g/mol. The van der Waals surface area contributed by atoms with Gasteiger partial charge in [-0.05, 0) is 0 Å². The summed E-state index contributed by atoms with van der Waals surface area (Å²) in [6.45, 7) is 0.136. The first-order chi connectivity index (χ1) is 7.90. The number of carboxylic acids is 1. The standard InChI is InChI=1S/C9H17N3O5/c1-17-5(4-10)2-8(14)12-6(9(15)16)3-7(11)13/h5-6H,2-4,10H2,1H3,(H2,11,13)(H,12,14)(H,15,16)/t5?,6-/m1/s1. The smallest absolute Gasteiger partial charge is 0.326 e. The van der Waals surface area contributed by atoms with Crippen molar-refractivity contribution in [3.8, 4) is 0 Å². The second-order valence-corrected chi connectivity index (χ2v) is 3.43. The maximum absolute atomic E-state index is 11.4. The molecule has 0 rings (SSSR count). The van der Waals surface area contributed by atoms with Gasteiger partial charge in [-0.2, -0.15) is 0 Å². The van der Waals surface area contributed by atoms with Gasteiger partial charge in [-0.15, -0.1) is 0 Å². The lowest BCUT2D eigenvalue weighted by Crippen LogP contribution is -2.44. The highest BCUT2D eigenvalue weighted by molar-refractivity contribution is 5.88. The van der Waals surface area contributed by atoms with Gasteiger partial charge in [-0.1, -0.05) is 0 Å². The fourth-order valence-corrected chi connectivity index (χ4v) is 1.12. The highest BCUT2D eigenvalue weighted by atomic mass is 16.5. The third-order valence-electron chi connectivity index (χ3n) is 2.05. The van der Waals surface area contributed by atoms with Gasteiger partial charge in [0.25, 0.3) is 0 Å². The van der Waals surface area contributed by atoms with Crippen molar-refractivity contribution in [2.75, 3.05) is 13.7 Å². The number of hydrogen-bond donors (Lipinski definition) is 4. The third-order valence-corrected chi connectivity index (χ3v) is 2.05. The molecule has 0 bridgehead atoms. The summed E-state index contributed by atoms with van der Waals surface area (Å²) in [5, 5.41) is 10.9. The second kappa shape index (κ2) is 7.58. The summed E-state index contributed by atoms with van der Waals surface area (Å²) in [4.78, 5) is 32.7. The molecule has 17 heavy (non-hydrogen) atoms. The number of rotatable bonds is 8. The van der Waals surface area contributed by atoms with E-state index >= 15 is 0 Å². The molecule has 0 radical (unpaired) electrons. The molecule has 0 aromatic carbocycles. The van der Waals surface area contributed by atoms with E-state index in [9.17, 15) is 14.4 Å². The minimum atomic E-state index is -1.32. The lowest BCUT2D eigenvalue weighted by atomic mass is 10.1. The number of methoxy groups -OCH3 is 1. The number of ether oxygens (including phenoxy) is 1. The number of nitrogens with one attached hydrogen (secondary N) is 1. The minimum absolute atomic E-state index is 0.0739. The molecule has 0 spiro atoms. The van der Waals surface area contributed by atoms with Gasteiger partial charge < -0.3 is 26.6 Å². The first kappa shape index (κ1) is 15.3. The van der Waals surface area contributed by atoms with Crippen LogP contribution in [0.2, 0.25) is 0 Å². The molecule has 0 aromatic heterocycles. The maximum Gasteiger partial charge on any atom is 0.326 e. The molecule has 8 nitrogen and oxygen atoms in total. The molecule has 0 aliphatic rings. The molecular formula is C9H17N3O5. The Labute approximate surface area is 98.3 Å². The number of nitrogens with two attached hydrogens (primary N) is 2. The number of carbonyl (C=O) groups is 3. The monoisotopic (exact) mass is 247 g/mol. The topological polar surface area (TPSA) is 145 Å². The molecule has 0 aromatic rings. The summed E-state index contributed by atoms with van der Waals surface area (Å²) >= 11 is 0. The van der Waals surface area contributed by atoms with Gasteiger partial charge in [0.1, 0.15) is 6.04 Å². The van der Waals surface area contributed by atoms with Gasteiger partial charge in [0.15, 0.2) is 0 Å². The summed E-state index contributed by atoms with van der Waals surface area (Å²) in [6.07, 6.45) is -1.02. The molecule has 0 saturated carbocycles. The van der Waals surface area contributed by atoms with Gasteiger partial charge >= 0.3 is 5.97 Å². The highest BCUT2D eigenvalue weighted by Crippen LogP contribution is 1.98. The van der Waals surface area contributed by atoms with Crippen LogP contribution in [-0.4, -0.2) is 48.7 Å². The Kier molecular flexibility index (Phi) is 6.83. The summed E-state index contributed by atoms with van der Waals surface area (Å²) in [6, 6.07) is -1.32. The van der Waals surface area contributed by atoms with Gasteiger partial charge in [0, 0.05) is 13.7 Å². The van der Waals surface area contributed by atoms with Crippen LogP contribution >= 0.6 is 0 Å². The van der Waals surface area contributed by atoms with Crippen LogP contribution in [0.15, 0.2) is 0 Å². The Balaban J connectivity index is 4.30. The van der Waals surface area contributed by atoms with Crippen molar-refractivity contribution in [2.45, 2.75) is 25.0 Å². The SMILES string of the molecule is COC(CN)CC(=O)N[C@H](CC(N)=O)C(=O)O. The molecule has 1 unspecified atom stereocenters. The first-order valence-electron chi connectivity index (χ1n) is 4.94. The summed E-state index contributed by atoms with van der Waals surface area (Å²) in [5.41, 5.74) is 10.2. The molecule has 2 atom stereocenters. The van der Waals surface area contributed by atoms with E-state index < -0.39 is 36.4 Å². The quantitative estimate of drug-likeness (QED) is 0.383. The van der Waals surface area contributed by atoms with E-state index in [0.29, 0.717) is 0 Å². The lowest BCUT2D eigenvalue weighted by molar-refractivity contribution is -0.143. The zero-order chi connectivity index (χ0) is 13.4. The fraction of sp³-hybridized carbons (Fsp3) is 0.667. The largest absolute Gasteiger partial charge is 0.480 e. The van der Waals surface area contributed by atoms with Crippen LogP contribution in [0.5, 0.6) is 0 Å². The number of carbonyl (C=O) groups excluding carboxylic acids is 2. The molecule has 0 aliphatic heterocycles. The van der Waals surface area contributed by atoms with Crippen molar-refractivity contribution in [2.24, 2.45) is 11.5 Å². The van der Waals surface area contributed by atoms with E-state index in [-0.39, 0.29) is 13.0 Å². The van der Waals surface area contributed by atoms with E-state index in [0.717, 1.165) is 0 Å². The van der Waals surface area contributed by atoms with Gasteiger partial charge in [-0.3, -0.25) is 9.59 Å². The zero-order valence-electron chi connectivity index (χ0n) is 9.51. The average Bonchev–Trinajstić information content (AvgIpc) is 2.24. The zero-order valence-corrected chi connectivity index (χ0v) is 9.51. The second-order valence-electron chi connectivity index (χ2n) is 3.43. The van der Waals surface area contributed by atoms with Gasteiger partial charge in [-0.25, -0.2) is 4.79 Å². The van der Waals surface area contributed by atoms with Gasteiger partial charge in [0.2, 0.25) is 11.8 Å². The normalized spacial score (nSPS) is 13.8. The fourth-order valence-electron chi connectivity index (χ4n) is 1.12. The summed E-state index contributed by atoms with van der Waals surface area (Å²) in [5.74, 6) is -2.69. The van der Waals surface area contributed by atoms with Crippen LogP contribution in [-0.2, 0) is 19.1 Å². The van der Waals surface area contributed by atoms with Crippen molar-refractivity contribution < 1.29 is 24.2 Å². The maximum atomic E-state index is 11.4. The Hall–Kier alpha value is -1.67. The van der Waals surface area contributed by atoms with E-state index in [1.807, 2.05) is 0 Å². The minimum Gasteiger partial charge on any atom is -0.480 e. The predicted molar refractivity (Wildman–Crippen MR) is 57.8 cm³/mol. The number of aliphatic carboxylic acids is 1. The van der Waals surface area contributed by atoms with Crippen LogP contribution in [0, 0.1) is 0 Å². The Bertz CT molecular complexity index is 290. The van der Waals surface area contributed by atoms with E-state index in [1.165, 1.54) is 7.11 Å². The number of carboxylic acid groups (broad SMARTS) is 1.